The average molecular weight is 324 g/mol. The van der Waals surface area contributed by atoms with Gasteiger partial charge >= 0.3 is 0 Å². The van der Waals surface area contributed by atoms with Crippen molar-refractivity contribution in [2.45, 2.75) is 26.7 Å². The minimum absolute atomic E-state index is 0.207. The smallest absolute Gasteiger partial charge is 0.230 e. The Morgan fingerprint density at radius 3 is 2.27 bits per heavy atom. The van der Waals surface area contributed by atoms with Crippen molar-refractivity contribution >= 4 is 23.2 Å². The highest BCUT2D eigenvalue weighted by molar-refractivity contribution is 6.33. The number of anilines is 1. The van der Waals surface area contributed by atoms with Crippen molar-refractivity contribution in [3.63, 3.8) is 0 Å². The fourth-order valence-electron chi connectivity index (χ4n) is 3.12. The SMILES string of the molecule is CCC(CC)(CN)C(=O)N1CCN(c2ccccc2Cl)CC1. The van der Waals surface area contributed by atoms with Crippen LogP contribution in [0.15, 0.2) is 24.3 Å². The molecule has 1 saturated heterocycles. The van der Waals surface area contributed by atoms with E-state index in [2.05, 4.69) is 4.90 Å². The summed E-state index contributed by atoms with van der Waals surface area (Å²) in [7, 11) is 0. The number of hydrogen-bond donors (Lipinski definition) is 1. The van der Waals surface area contributed by atoms with Crippen molar-refractivity contribution in [2.75, 3.05) is 37.6 Å². The van der Waals surface area contributed by atoms with E-state index in [4.69, 9.17) is 17.3 Å². The first-order chi connectivity index (χ1) is 10.6. The van der Waals surface area contributed by atoms with Gasteiger partial charge in [-0.3, -0.25) is 4.79 Å². The lowest BCUT2D eigenvalue weighted by Crippen LogP contribution is -2.54. The Morgan fingerprint density at radius 1 is 1.18 bits per heavy atom. The minimum atomic E-state index is -0.396. The van der Waals surface area contributed by atoms with E-state index in [1.54, 1.807) is 0 Å². The Labute approximate surface area is 138 Å². The third kappa shape index (κ3) is 3.23. The number of para-hydroxylation sites is 1. The van der Waals surface area contributed by atoms with Crippen LogP contribution in [0.1, 0.15) is 26.7 Å². The van der Waals surface area contributed by atoms with E-state index in [1.165, 1.54) is 0 Å². The molecule has 5 heteroatoms. The molecule has 0 aromatic heterocycles. The molecule has 1 aromatic rings. The molecule has 1 aromatic carbocycles. The molecule has 1 aliphatic heterocycles. The van der Waals surface area contributed by atoms with Crippen LogP contribution in [0.4, 0.5) is 5.69 Å². The number of carbonyl (C=O) groups excluding carboxylic acids is 1. The van der Waals surface area contributed by atoms with Gasteiger partial charge in [0.1, 0.15) is 0 Å². The molecule has 0 atom stereocenters. The van der Waals surface area contributed by atoms with Gasteiger partial charge in [0.15, 0.2) is 0 Å². The lowest BCUT2D eigenvalue weighted by atomic mass is 9.81. The third-order valence-electron chi connectivity index (χ3n) is 4.96. The zero-order valence-corrected chi connectivity index (χ0v) is 14.3. The van der Waals surface area contributed by atoms with Gasteiger partial charge in [0, 0.05) is 32.7 Å². The number of nitrogens with two attached hydrogens (primary N) is 1. The van der Waals surface area contributed by atoms with Gasteiger partial charge in [0.05, 0.1) is 16.1 Å². The zero-order chi connectivity index (χ0) is 16.2. The van der Waals surface area contributed by atoms with Crippen LogP contribution in [0.2, 0.25) is 5.02 Å². The Hall–Kier alpha value is -1.26. The van der Waals surface area contributed by atoms with E-state index in [1.807, 2.05) is 43.0 Å². The Balaban J connectivity index is 2.03. The van der Waals surface area contributed by atoms with Crippen LogP contribution in [0.25, 0.3) is 0 Å². The van der Waals surface area contributed by atoms with Gasteiger partial charge in [0.25, 0.3) is 0 Å². The van der Waals surface area contributed by atoms with Crippen molar-refractivity contribution in [3.05, 3.63) is 29.3 Å². The highest BCUT2D eigenvalue weighted by Gasteiger charge is 2.37. The summed E-state index contributed by atoms with van der Waals surface area (Å²) in [6, 6.07) is 7.86. The summed E-state index contributed by atoms with van der Waals surface area (Å²) in [6.45, 7) is 7.59. The maximum absolute atomic E-state index is 12.8. The lowest BCUT2D eigenvalue weighted by molar-refractivity contribution is -0.142. The third-order valence-corrected chi connectivity index (χ3v) is 5.28. The fraction of sp³-hybridized carbons (Fsp3) is 0.588. The van der Waals surface area contributed by atoms with Gasteiger partial charge in [-0.15, -0.1) is 0 Å². The minimum Gasteiger partial charge on any atom is -0.367 e. The molecular formula is C17H26ClN3O. The Bertz CT molecular complexity index is 500. The molecule has 1 fully saturated rings. The number of halogens is 1. The number of rotatable bonds is 5. The molecule has 0 spiro atoms. The summed E-state index contributed by atoms with van der Waals surface area (Å²) in [5, 5.41) is 0.765. The van der Waals surface area contributed by atoms with E-state index in [0.717, 1.165) is 49.7 Å². The van der Waals surface area contributed by atoms with Crippen molar-refractivity contribution in [2.24, 2.45) is 11.1 Å². The van der Waals surface area contributed by atoms with Gasteiger partial charge in [-0.2, -0.15) is 0 Å². The first kappa shape index (κ1) is 17.1. The monoisotopic (exact) mass is 323 g/mol. The first-order valence-corrected chi connectivity index (χ1v) is 8.44. The summed E-state index contributed by atoms with van der Waals surface area (Å²) >= 11 is 6.26. The van der Waals surface area contributed by atoms with Crippen molar-refractivity contribution < 1.29 is 4.79 Å². The predicted molar refractivity (Wildman–Crippen MR) is 92.3 cm³/mol. The molecule has 122 valence electrons. The molecule has 1 heterocycles. The molecule has 2 rings (SSSR count). The molecule has 4 nitrogen and oxygen atoms in total. The molecule has 2 N–H and O–H groups in total. The quantitative estimate of drug-likeness (QED) is 0.906. The van der Waals surface area contributed by atoms with E-state index < -0.39 is 5.41 Å². The lowest BCUT2D eigenvalue weighted by Gasteiger charge is -2.41. The standard InChI is InChI=1S/C17H26ClN3O/c1-3-17(4-2,13-19)16(22)21-11-9-20(10-12-21)15-8-6-5-7-14(15)18/h5-8H,3-4,9-13,19H2,1-2H3. The normalized spacial score (nSPS) is 16.0. The maximum Gasteiger partial charge on any atom is 0.230 e. The summed E-state index contributed by atoms with van der Waals surface area (Å²) in [5.41, 5.74) is 6.55. The molecule has 0 radical (unpaired) electrons. The summed E-state index contributed by atoms with van der Waals surface area (Å²) in [6.07, 6.45) is 1.59. The van der Waals surface area contributed by atoms with Crippen LogP contribution >= 0.6 is 11.6 Å². The van der Waals surface area contributed by atoms with Crippen LogP contribution in [0.3, 0.4) is 0 Å². The predicted octanol–water partition coefficient (Wildman–Crippen LogP) is 2.75. The zero-order valence-electron chi connectivity index (χ0n) is 13.5. The maximum atomic E-state index is 12.8. The van der Waals surface area contributed by atoms with E-state index in [9.17, 15) is 4.79 Å². The van der Waals surface area contributed by atoms with Gasteiger partial charge in [0.2, 0.25) is 5.91 Å². The topological polar surface area (TPSA) is 49.6 Å². The number of carbonyl (C=O) groups is 1. The van der Waals surface area contributed by atoms with E-state index in [-0.39, 0.29) is 5.91 Å². The summed E-state index contributed by atoms with van der Waals surface area (Å²) in [5.74, 6) is 0.207. The fourth-order valence-corrected chi connectivity index (χ4v) is 3.38. The molecule has 0 bridgehead atoms. The van der Waals surface area contributed by atoms with E-state index >= 15 is 0 Å². The van der Waals surface area contributed by atoms with Crippen LogP contribution in [0, 0.1) is 5.41 Å². The van der Waals surface area contributed by atoms with Crippen LogP contribution in [0.5, 0.6) is 0 Å². The largest absolute Gasteiger partial charge is 0.367 e. The molecule has 0 saturated carbocycles. The van der Waals surface area contributed by atoms with Gasteiger partial charge in [-0.1, -0.05) is 37.6 Å². The number of piperazine rings is 1. The Kier molecular flexibility index (Phi) is 5.70. The summed E-state index contributed by atoms with van der Waals surface area (Å²) in [4.78, 5) is 17.0. The molecule has 0 unspecified atom stereocenters. The number of amides is 1. The van der Waals surface area contributed by atoms with Gasteiger partial charge in [-0.25, -0.2) is 0 Å². The molecule has 1 amide bonds. The van der Waals surface area contributed by atoms with Crippen LogP contribution in [-0.4, -0.2) is 43.5 Å². The number of benzene rings is 1. The van der Waals surface area contributed by atoms with Gasteiger partial charge < -0.3 is 15.5 Å². The van der Waals surface area contributed by atoms with Crippen molar-refractivity contribution in [3.8, 4) is 0 Å². The molecule has 1 aliphatic rings. The highest BCUT2D eigenvalue weighted by Crippen LogP contribution is 2.30. The van der Waals surface area contributed by atoms with Crippen molar-refractivity contribution in [1.29, 1.82) is 0 Å². The molecule has 0 aliphatic carbocycles. The first-order valence-electron chi connectivity index (χ1n) is 8.07. The average Bonchev–Trinajstić information content (AvgIpc) is 2.57. The van der Waals surface area contributed by atoms with Gasteiger partial charge in [-0.05, 0) is 25.0 Å². The number of hydrogen-bond acceptors (Lipinski definition) is 3. The highest BCUT2D eigenvalue weighted by atomic mass is 35.5. The second-order valence-electron chi connectivity index (χ2n) is 5.92. The number of nitrogens with zero attached hydrogens (tertiary/aromatic N) is 2. The summed E-state index contributed by atoms with van der Waals surface area (Å²) < 4.78 is 0. The van der Waals surface area contributed by atoms with Crippen LogP contribution < -0.4 is 10.6 Å². The Morgan fingerprint density at radius 2 is 1.77 bits per heavy atom. The molecular weight excluding hydrogens is 298 g/mol. The van der Waals surface area contributed by atoms with E-state index in [0.29, 0.717) is 6.54 Å². The second-order valence-corrected chi connectivity index (χ2v) is 6.33. The second kappa shape index (κ2) is 7.34. The van der Waals surface area contributed by atoms with Crippen molar-refractivity contribution in [1.82, 2.24) is 4.90 Å². The molecule has 22 heavy (non-hydrogen) atoms. The van der Waals surface area contributed by atoms with Crippen LogP contribution in [-0.2, 0) is 4.79 Å².